The molecule has 2 rings (SSSR count). The van der Waals surface area contributed by atoms with Crippen molar-refractivity contribution in [3.8, 4) is 5.75 Å². The summed E-state index contributed by atoms with van der Waals surface area (Å²) in [5.41, 5.74) is -0.828. The van der Waals surface area contributed by atoms with Gasteiger partial charge in [0.1, 0.15) is 11.3 Å². The lowest BCUT2D eigenvalue weighted by Crippen LogP contribution is -2.28. The number of rotatable bonds is 3. The Bertz CT molecular complexity index is 523. The molecule has 1 fully saturated rings. The van der Waals surface area contributed by atoms with Gasteiger partial charge >= 0.3 is 12.1 Å². The van der Waals surface area contributed by atoms with Crippen LogP contribution in [0.15, 0.2) is 22.7 Å². The highest BCUT2D eigenvalue weighted by Crippen LogP contribution is 2.42. The monoisotopic (exact) mass is 366 g/mol. The van der Waals surface area contributed by atoms with Crippen LogP contribution in [0.25, 0.3) is 0 Å². The fraction of sp³-hybridized carbons (Fsp3) is 0.500. The molecule has 1 saturated carbocycles. The highest BCUT2D eigenvalue weighted by molar-refractivity contribution is 9.10. The summed E-state index contributed by atoms with van der Waals surface area (Å²) in [5.74, 6) is -1.49. The van der Waals surface area contributed by atoms with E-state index in [4.69, 9.17) is 9.84 Å². The van der Waals surface area contributed by atoms with Crippen molar-refractivity contribution < 1.29 is 27.8 Å². The van der Waals surface area contributed by atoms with E-state index in [9.17, 15) is 18.0 Å². The van der Waals surface area contributed by atoms with Gasteiger partial charge in [0.25, 0.3) is 0 Å². The summed E-state index contributed by atoms with van der Waals surface area (Å²) in [6.07, 6.45) is -3.14. The molecule has 21 heavy (non-hydrogen) atoms. The van der Waals surface area contributed by atoms with Gasteiger partial charge in [-0.25, -0.2) is 0 Å². The highest BCUT2D eigenvalue weighted by atomic mass is 79.9. The molecular weight excluding hydrogens is 353 g/mol. The number of carboxylic acid groups (broad SMARTS) is 1. The summed E-state index contributed by atoms with van der Waals surface area (Å²) >= 11 is 2.90. The van der Waals surface area contributed by atoms with Gasteiger partial charge in [0.2, 0.25) is 0 Å². The van der Waals surface area contributed by atoms with Gasteiger partial charge in [0.05, 0.1) is 12.0 Å². The molecule has 1 aromatic rings. The van der Waals surface area contributed by atoms with E-state index >= 15 is 0 Å². The van der Waals surface area contributed by atoms with Crippen LogP contribution in [0.1, 0.15) is 31.2 Å². The molecule has 0 aromatic heterocycles. The summed E-state index contributed by atoms with van der Waals surface area (Å²) in [6.45, 7) is 0. The number of hydrogen-bond donors (Lipinski definition) is 1. The molecule has 0 radical (unpaired) electrons. The van der Waals surface area contributed by atoms with E-state index in [0.717, 1.165) is 0 Å². The molecule has 1 aliphatic carbocycles. The topological polar surface area (TPSA) is 46.5 Å². The summed E-state index contributed by atoms with van der Waals surface area (Å²) in [5, 5.41) is 8.91. The first-order valence-electron chi connectivity index (χ1n) is 6.54. The average molecular weight is 367 g/mol. The Hall–Kier alpha value is -1.24. The number of halogens is 4. The summed E-state index contributed by atoms with van der Waals surface area (Å²) in [6, 6.07) is 4.09. The molecule has 0 spiro atoms. The lowest BCUT2D eigenvalue weighted by Gasteiger charge is -2.28. The summed E-state index contributed by atoms with van der Waals surface area (Å²) < 4.78 is 44.5. The fourth-order valence-electron chi connectivity index (χ4n) is 2.48. The SMILES string of the molecule is O=C(O)C1CCC(Oc2cccc(Br)c2C(F)(F)F)CC1. The Kier molecular flexibility index (Phi) is 4.81. The van der Waals surface area contributed by atoms with Crippen molar-refractivity contribution in [3.63, 3.8) is 0 Å². The number of alkyl halides is 3. The van der Waals surface area contributed by atoms with Gasteiger partial charge in [0.15, 0.2) is 0 Å². The second-order valence-electron chi connectivity index (χ2n) is 5.04. The molecular formula is C14H14BrF3O3. The second-order valence-corrected chi connectivity index (χ2v) is 5.89. The highest BCUT2D eigenvalue weighted by Gasteiger charge is 2.37. The van der Waals surface area contributed by atoms with Crippen LogP contribution in [0.2, 0.25) is 0 Å². The molecule has 0 amide bonds. The molecule has 0 aliphatic heterocycles. The maximum Gasteiger partial charge on any atom is 0.421 e. The minimum absolute atomic E-state index is 0.0632. The zero-order chi connectivity index (χ0) is 15.6. The molecule has 116 valence electrons. The smallest absolute Gasteiger partial charge is 0.421 e. The van der Waals surface area contributed by atoms with E-state index in [2.05, 4.69) is 15.9 Å². The number of carboxylic acids is 1. The minimum Gasteiger partial charge on any atom is -0.490 e. The van der Waals surface area contributed by atoms with Crippen LogP contribution in [-0.2, 0) is 11.0 Å². The first kappa shape index (κ1) is 16.1. The molecule has 1 aromatic carbocycles. The van der Waals surface area contributed by atoms with E-state index in [1.807, 2.05) is 0 Å². The lowest BCUT2D eigenvalue weighted by atomic mass is 9.87. The Balaban J connectivity index is 2.11. The lowest BCUT2D eigenvalue weighted by molar-refractivity contribution is -0.143. The number of aliphatic carboxylic acids is 1. The van der Waals surface area contributed by atoms with Gasteiger partial charge in [-0.3, -0.25) is 4.79 Å². The van der Waals surface area contributed by atoms with Gasteiger partial charge in [0, 0.05) is 4.47 Å². The number of ether oxygens (including phenoxy) is 1. The van der Waals surface area contributed by atoms with Crippen molar-refractivity contribution in [1.29, 1.82) is 0 Å². The van der Waals surface area contributed by atoms with Crippen molar-refractivity contribution in [1.82, 2.24) is 0 Å². The van der Waals surface area contributed by atoms with Gasteiger partial charge in [-0.15, -0.1) is 0 Å². The van der Waals surface area contributed by atoms with Gasteiger partial charge in [-0.2, -0.15) is 13.2 Å². The van der Waals surface area contributed by atoms with E-state index < -0.39 is 23.6 Å². The third kappa shape index (κ3) is 3.90. The van der Waals surface area contributed by atoms with Gasteiger partial charge in [-0.05, 0) is 37.8 Å². The Morgan fingerprint density at radius 2 is 1.86 bits per heavy atom. The first-order chi connectivity index (χ1) is 9.79. The molecule has 1 aliphatic rings. The van der Waals surface area contributed by atoms with Crippen LogP contribution >= 0.6 is 15.9 Å². The molecule has 0 bridgehead atoms. The van der Waals surface area contributed by atoms with Crippen LogP contribution < -0.4 is 4.74 Å². The Morgan fingerprint density at radius 3 is 2.38 bits per heavy atom. The third-order valence-electron chi connectivity index (χ3n) is 3.58. The normalized spacial score (nSPS) is 22.9. The third-order valence-corrected chi connectivity index (χ3v) is 4.24. The van der Waals surface area contributed by atoms with E-state index in [1.165, 1.54) is 18.2 Å². The van der Waals surface area contributed by atoms with Gasteiger partial charge < -0.3 is 9.84 Å². The molecule has 1 N–H and O–H groups in total. The van der Waals surface area contributed by atoms with Crippen molar-refractivity contribution in [2.75, 3.05) is 0 Å². The molecule has 7 heteroatoms. The second kappa shape index (κ2) is 6.25. The maximum atomic E-state index is 13.0. The zero-order valence-corrected chi connectivity index (χ0v) is 12.6. The van der Waals surface area contributed by atoms with Crippen LogP contribution in [-0.4, -0.2) is 17.2 Å². The van der Waals surface area contributed by atoms with Crippen molar-refractivity contribution in [2.45, 2.75) is 38.0 Å². The van der Waals surface area contributed by atoms with Gasteiger partial charge in [-0.1, -0.05) is 22.0 Å². The quantitative estimate of drug-likeness (QED) is 0.856. The van der Waals surface area contributed by atoms with E-state index in [-0.39, 0.29) is 16.3 Å². The predicted octanol–water partition coefficient (Wildman–Crippen LogP) is 4.49. The first-order valence-corrected chi connectivity index (χ1v) is 7.33. The van der Waals surface area contributed by atoms with Crippen LogP contribution in [0.4, 0.5) is 13.2 Å². The Labute approximate surface area is 128 Å². The van der Waals surface area contributed by atoms with Crippen LogP contribution in [0.5, 0.6) is 5.75 Å². The van der Waals surface area contributed by atoms with E-state index in [0.29, 0.717) is 25.7 Å². The summed E-state index contributed by atoms with van der Waals surface area (Å²) in [7, 11) is 0. The average Bonchev–Trinajstić information content (AvgIpc) is 2.37. The number of benzene rings is 1. The zero-order valence-electron chi connectivity index (χ0n) is 11.0. The van der Waals surface area contributed by atoms with Crippen LogP contribution in [0, 0.1) is 5.92 Å². The maximum absolute atomic E-state index is 13.0. The molecule has 0 saturated heterocycles. The minimum atomic E-state index is -4.51. The molecule has 0 atom stereocenters. The van der Waals surface area contributed by atoms with Crippen LogP contribution in [0.3, 0.4) is 0 Å². The molecule has 0 heterocycles. The van der Waals surface area contributed by atoms with Crippen molar-refractivity contribution >= 4 is 21.9 Å². The molecule has 3 nitrogen and oxygen atoms in total. The standard InChI is InChI=1S/C14H14BrF3O3/c15-10-2-1-3-11(12(10)14(16,17)18)21-9-6-4-8(5-7-9)13(19)20/h1-3,8-9H,4-7H2,(H,19,20). The summed E-state index contributed by atoms with van der Waals surface area (Å²) in [4.78, 5) is 10.9. The van der Waals surface area contributed by atoms with Crippen molar-refractivity contribution in [2.24, 2.45) is 5.92 Å². The predicted molar refractivity (Wildman–Crippen MR) is 73.2 cm³/mol. The number of carbonyl (C=O) groups is 1. The van der Waals surface area contributed by atoms with E-state index in [1.54, 1.807) is 0 Å². The fourth-order valence-corrected chi connectivity index (χ4v) is 3.06. The van der Waals surface area contributed by atoms with Crippen molar-refractivity contribution in [3.05, 3.63) is 28.2 Å². The molecule has 0 unspecified atom stereocenters. The largest absolute Gasteiger partial charge is 0.490 e. The number of hydrogen-bond acceptors (Lipinski definition) is 2. The Morgan fingerprint density at radius 1 is 1.24 bits per heavy atom.